The summed E-state index contributed by atoms with van der Waals surface area (Å²) in [5.41, 5.74) is 6.68. The molecule has 0 aliphatic rings. The lowest BCUT2D eigenvalue weighted by atomic mass is 10.0. The maximum absolute atomic E-state index is 8.93. The molecule has 4 aromatic rings. The Hall–Kier alpha value is -3.94. The number of hydrogen-bond donors (Lipinski definition) is 0. The number of benzene rings is 2. The van der Waals surface area contributed by atoms with E-state index in [2.05, 4.69) is 48.0 Å². The first-order valence-electron chi connectivity index (χ1n) is 9.28. The summed E-state index contributed by atoms with van der Waals surface area (Å²) in [6.45, 7) is 2.02. The molecular formula is C24H17BrN6. The van der Waals surface area contributed by atoms with Gasteiger partial charge in [-0.15, -0.1) is 0 Å². The number of nitrogens with zero attached hydrogens (tertiary/aromatic N) is 6. The molecule has 0 unspecified atom stereocenters. The highest BCUT2D eigenvalue weighted by Gasteiger charge is 2.06. The number of aromatic nitrogens is 4. The summed E-state index contributed by atoms with van der Waals surface area (Å²) in [4.78, 5) is 15.7. The number of alkyl halides is 1. The maximum atomic E-state index is 8.93. The monoisotopic (exact) mass is 468 g/mol. The Balaban J connectivity index is 0.000000176. The van der Waals surface area contributed by atoms with Crippen LogP contribution in [0.3, 0.4) is 0 Å². The van der Waals surface area contributed by atoms with Crippen LogP contribution in [0.5, 0.6) is 0 Å². The van der Waals surface area contributed by atoms with Crippen molar-refractivity contribution in [1.29, 1.82) is 10.5 Å². The molecule has 2 aromatic heterocycles. The number of hydrogen-bond acceptors (Lipinski definition) is 6. The van der Waals surface area contributed by atoms with Gasteiger partial charge in [-0.2, -0.15) is 10.5 Å². The molecule has 0 amide bonds. The van der Waals surface area contributed by atoms with Crippen molar-refractivity contribution >= 4 is 15.9 Å². The van der Waals surface area contributed by atoms with Gasteiger partial charge in [-0.1, -0.05) is 70.0 Å². The van der Waals surface area contributed by atoms with Crippen molar-refractivity contribution < 1.29 is 0 Å². The summed E-state index contributed by atoms with van der Waals surface area (Å²) < 4.78 is 0. The summed E-state index contributed by atoms with van der Waals surface area (Å²) in [6, 6.07) is 20.0. The van der Waals surface area contributed by atoms with Crippen LogP contribution in [0.2, 0.25) is 0 Å². The van der Waals surface area contributed by atoms with E-state index in [1.807, 2.05) is 55.5 Å². The first-order chi connectivity index (χ1) is 15.2. The molecule has 31 heavy (non-hydrogen) atoms. The van der Waals surface area contributed by atoms with Gasteiger partial charge in [0.1, 0.15) is 24.8 Å². The van der Waals surface area contributed by atoms with Crippen LogP contribution >= 0.6 is 15.9 Å². The minimum Gasteiger partial charge on any atom is -0.244 e. The van der Waals surface area contributed by atoms with E-state index in [9.17, 15) is 0 Å². The summed E-state index contributed by atoms with van der Waals surface area (Å²) in [5.74, 6) is 0. The molecule has 0 radical (unpaired) electrons. The second-order valence-corrected chi connectivity index (χ2v) is 7.05. The van der Waals surface area contributed by atoms with E-state index in [-0.39, 0.29) is 0 Å². The van der Waals surface area contributed by atoms with Crippen LogP contribution in [0.25, 0.3) is 22.3 Å². The fraction of sp³-hybridized carbons (Fsp3) is 0.0833. The third kappa shape index (κ3) is 5.57. The van der Waals surface area contributed by atoms with Gasteiger partial charge in [0.2, 0.25) is 0 Å². The van der Waals surface area contributed by atoms with Crippen LogP contribution in [-0.4, -0.2) is 19.9 Å². The third-order valence-electron chi connectivity index (χ3n) is 4.42. The van der Waals surface area contributed by atoms with Gasteiger partial charge in [0, 0.05) is 28.9 Å². The third-order valence-corrected chi connectivity index (χ3v) is 5.07. The molecule has 4 rings (SSSR count). The summed E-state index contributed by atoms with van der Waals surface area (Å²) in [6.07, 6.45) is 6.09. The van der Waals surface area contributed by atoms with E-state index in [0.29, 0.717) is 11.4 Å². The normalized spacial score (nSPS) is 9.68. The minimum absolute atomic E-state index is 0.404. The number of rotatable bonds is 3. The molecule has 0 aliphatic carbocycles. The second-order valence-electron chi connectivity index (χ2n) is 6.49. The highest BCUT2D eigenvalue weighted by Crippen LogP contribution is 2.22. The average molecular weight is 469 g/mol. The quantitative estimate of drug-likeness (QED) is 0.381. The fourth-order valence-electron chi connectivity index (χ4n) is 2.77. The SMILES string of the molecule is Cc1ccc(-c2cncnc2C#N)cc1.N#Cc1ncncc1-c1ccc(CBr)cc1. The van der Waals surface area contributed by atoms with Crippen LogP contribution in [0, 0.1) is 29.6 Å². The summed E-state index contributed by atoms with van der Waals surface area (Å²) in [5, 5.41) is 18.6. The smallest absolute Gasteiger partial charge is 0.151 e. The minimum atomic E-state index is 0.404. The molecule has 6 nitrogen and oxygen atoms in total. The molecule has 0 bridgehead atoms. The average Bonchev–Trinajstić information content (AvgIpc) is 2.85. The Morgan fingerprint density at radius 3 is 1.61 bits per heavy atom. The molecule has 2 heterocycles. The van der Waals surface area contributed by atoms with Crippen LogP contribution in [0.1, 0.15) is 22.5 Å². The first-order valence-corrected chi connectivity index (χ1v) is 10.4. The molecule has 0 N–H and O–H groups in total. The van der Waals surface area contributed by atoms with Crippen LogP contribution < -0.4 is 0 Å². The Labute approximate surface area is 189 Å². The Morgan fingerprint density at radius 2 is 1.19 bits per heavy atom. The molecule has 150 valence electrons. The molecule has 0 saturated heterocycles. The van der Waals surface area contributed by atoms with Crippen molar-refractivity contribution in [2.45, 2.75) is 12.3 Å². The van der Waals surface area contributed by atoms with Crippen molar-refractivity contribution in [2.75, 3.05) is 0 Å². The number of halogens is 1. The largest absolute Gasteiger partial charge is 0.244 e. The van der Waals surface area contributed by atoms with Crippen LogP contribution in [0.4, 0.5) is 0 Å². The highest BCUT2D eigenvalue weighted by molar-refractivity contribution is 9.08. The molecule has 0 spiro atoms. The van der Waals surface area contributed by atoms with Gasteiger partial charge in [-0.05, 0) is 23.6 Å². The molecule has 2 aromatic carbocycles. The Morgan fingerprint density at radius 1 is 0.742 bits per heavy atom. The second kappa shape index (κ2) is 10.7. The predicted octanol–water partition coefficient (Wildman–Crippen LogP) is 5.23. The van der Waals surface area contributed by atoms with E-state index in [1.165, 1.54) is 23.8 Å². The van der Waals surface area contributed by atoms with E-state index in [0.717, 1.165) is 27.6 Å². The first kappa shape index (κ1) is 21.8. The number of nitriles is 2. The summed E-state index contributed by atoms with van der Waals surface area (Å²) >= 11 is 3.39. The topological polar surface area (TPSA) is 99.1 Å². The molecule has 0 atom stereocenters. The predicted molar refractivity (Wildman–Crippen MR) is 122 cm³/mol. The zero-order chi connectivity index (χ0) is 22.1. The maximum Gasteiger partial charge on any atom is 0.151 e. The molecule has 0 fully saturated rings. The standard InChI is InChI=1S/C12H8BrN3.C12H9N3/c13-5-9-1-3-10(4-2-9)11-7-15-8-16-12(11)6-14;1-9-2-4-10(5-3-9)11-7-14-8-15-12(11)6-13/h1-4,7-8H,5H2;2-5,7-8H,1H3. The van der Waals surface area contributed by atoms with Gasteiger partial charge in [0.25, 0.3) is 0 Å². The van der Waals surface area contributed by atoms with Crippen molar-refractivity contribution in [3.8, 4) is 34.4 Å². The lowest BCUT2D eigenvalue weighted by Crippen LogP contribution is -1.90. The highest BCUT2D eigenvalue weighted by atomic mass is 79.9. The molecule has 0 saturated carbocycles. The lowest BCUT2D eigenvalue weighted by Gasteiger charge is -2.03. The van der Waals surface area contributed by atoms with Gasteiger partial charge in [-0.3, -0.25) is 0 Å². The molecule has 7 heteroatoms. The summed E-state index contributed by atoms with van der Waals surface area (Å²) in [7, 11) is 0. The van der Waals surface area contributed by atoms with Crippen LogP contribution in [0.15, 0.2) is 73.6 Å². The van der Waals surface area contributed by atoms with Gasteiger partial charge < -0.3 is 0 Å². The van der Waals surface area contributed by atoms with E-state index < -0.39 is 0 Å². The van der Waals surface area contributed by atoms with Crippen molar-refractivity contribution in [1.82, 2.24) is 19.9 Å². The Bertz CT molecular complexity index is 1240. The zero-order valence-corrected chi connectivity index (χ0v) is 18.3. The van der Waals surface area contributed by atoms with Crippen molar-refractivity contribution in [3.63, 3.8) is 0 Å². The zero-order valence-electron chi connectivity index (χ0n) is 16.7. The Kier molecular flexibility index (Phi) is 7.53. The molecule has 0 aliphatic heterocycles. The van der Waals surface area contributed by atoms with E-state index >= 15 is 0 Å². The van der Waals surface area contributed by atoms with Crippen LogP contribution in [-0.2, 0) is 5.33 Å². The number of aryl methyl sites for hydroxylation is 1. The molecular weight excluding hydrogens is 452 g/mol. The van der Waals surface area contributed by atoms with Gasteiger partial charge >= 0.3 is 0 Å². The fourth-order valence-corrected chi connectivity index (χ4v) is 3.14. The van der Waals surface area contributed by atoms with Gasteiger partial charge in [0.15, 0.2) is 11.4 Å². The van der Waals surface area contributed by atoms with E-state index in [4.69, 9.17) is 10.5 Å². The van der Waals surface area contributed by atoms with Gasteiger partial charge in [0.05, 0.1) is 0 Å². The lowest BCUT2D eigenvalue weighted by molar-refractivity contribution is 1.14. The van der Waals surface area contributed by atoms with E-state index in [1.54, 1.807) is 12.4 Å². The van der Waals surface area contributed by atoms with Crippen molar-refractivity contribution in [3.05, 3.63) is 96.1 Å². The van der Waals surface area contributed by atoms with Gasteiger partial charge in [-0.25, -0.2) is 19.9 Å². The van der Waals surface area contributed by atoms with Crippen molar-refractivity contribution in [2.24, 2.45) is 0 Å².